The van der Waals surface area contributed by atoms with Gasteiger partial charge in [-0.05, 0) is 32.3 Å². The summed E-state index contributed by atoms with van der Waals surface area (Å²) in [5, 5.41) is 0.314. The number of hydrogen-bond donors (Lipinski definition) is 2. The number of aromatic nitrogens is 2. The maximum absolute atomic E-state index is 15.6. The summed E-state index contributed by atoms with van der Waals surface area (Å²) in [7, 11) is 1.39. The normalized spacial score (nSPS) is 21.3. The predicted molar refractivity (Wildman–Crippen MR) is 156 cm³/mol. The van der Waals surface area contributed by atoms with Crippen molar-refractivity contribution in [1.29, 1.82) is 0 Å². The molecule has 234 valence electrons. The molecule has 0 radical (unpaired) electrons. The maximum atomic E-state index is 15.6. The van der Waals surface area contributed by atoms with Crippen molar-refractivity contribution < 1.29 is 32.9 Å². The van der Waals surface area contributed by atoms with E-state index in [0.29, 0.717) is 4.68 Å². The summed E-state index contributed by atoms with van der Waals surface area (Å²) in [6.07, 6.45) is -5.81. The Labute approximate surface area is 257 Å². The number of carbonyl (C=O) groups excluding carboxylic acids is 2. The van der Waals surface area contributed by atoms with Gasteiger partial charge in [-0.25, -0.2) is 9.18 Å². The van der Waals surface area contributed by atoms with Gasteiger partial charge in [0.25, 0.3) is 11.5 Å². The zero-order valence-corrected chi connectivity index (χ0v) is 26.1. The van der Waals surface area contributed by atoms with E-state index in [1.54, 1.807) is 20.8 Å². The largest absolute Gasteiger partial charge is 0.495 e. The molecule has 1 amide bonds. The van der Waals surface area contributed by atoms with Crippen LogP contribution in [-0.2, 0) is 25.5 Å². The van der Waals surface area contributed by atoms with Crippen LogP contribution in [0.3, 0.4) is 0 Å². The van der Waals surface area contributed by atoms with Crippen molar-refractivity contribution in [1.82, 2.24) is 9.24 Å². The SMILES string of the molecule is CCc1cn([C@@H]2O[C@H](C)[C@@H](OC(=O)[C@@H](N)C(C)C)[C@H]2F)c(=O)n(NC(=O)C(C)Oc2cc(OC)c(Cl)cc2Cl)c1=O.Cl. The molecule has 3 N–H and O–H groups in total. The van der Waals surface area contributed by atoms with Crippen LogP contribution in [0.2, 0.25) is 10.0 Å². The highest BCUT2D eigenvalue weighted by atomic mass is 35.5. The molecular formula is C26H34Cl3FN4O8. The van der Waals surface area contributed by atoms with E-state index in [9.17, 15) is 19.2 Å². The zero-order chi connectivity index (χ0) is 30.8. The fourth-order valence-electron chi connectivity index (χ4n) is 4.01. The fraction of sp³-hybridized carbons (Fsp3) is 0.538. The molecule has 0 spiro atoms. The van der Waals surface area contributed by atoms with Crippen LogP contribution >= 0.6 is 35.6 Å². The van der Waals surface area contributed by atoms with Gasteiger partial charge in [0.2, 0.25) is 0 Å². The number of methoxy groups -OCH3 is 1. The number of rotatable bonds is 10. The summed E-state index contributed by atoms with van der Waals surface area (Å²) >= 11 is 12.2. The van der Waals surface area contributed by atoms with Crippen LogP contribution in [0.5, 0.6) is 11.5 Å². The molecule has 1 aromatic heterocycles. The molecule has 1 aliphatic heterocycles. The quantitative estimate of drug-likeness (QED) is 0.368. The summed E-state index contributed by atoms with van der Waals surface area (Å²) in [5.41, 5.74) is 6.20. The number of nitrogens with one attached hydrogen (secondary N) is 1. The van der Waals surface area contributed by atoms with Crippen molar-refractivity contribution in [2.45, 2.75) is 77.8 Å². The molecule has 1 aliphatic rings. The van der Waals surface area contributed by atoms with Crippen molar-refractivity contribution in [2.24, 2.45) is 11.7 Å². The van der Waals surface area contributed by atoms with Gasteiger partial charge in [-0.2, -0.15) is 4.68 Å². The Bertz CT molecular complexity index is 1420. The van der Waals surface area contributed by atoms with Crippen LogP contribution in [0.1, 0.15) is 46.4 Å². The van der Waals surface area contributed by atoms with Gasteiger partial charge in [0.15, 0.2) is 24.6 Å². The number of benzene rings is 1. The molecule has 2 aromatic rings. The molecule has 2 heterocycles. The lowest BCUT2D eigenvalue weighted by Gasteiger charge is -2.22. The highest BCUT2D eigenvalue weighted by Crippen LogP contribution is 2.36. The molecule has 1 unspecified atom stereocenters. The molecule has 42 heavy (non-hydrogen) atoms. The summed E-state index contributed by atoms with van der Waals surface area (Å²) in [6.45, 7) is 7.91. The molecule has 0 bridgehead atoms. The first kappa shape index (κ1) is 35.4. The lowest BCUT2D eigenvalue weighted by molar-refractivity contribution is -0.156. The van der Waals surface area contributed by atoms with E-state index in [-0.39, 0.29) is 51.9 Å². The Balaban J connectivity index is 0.00000616. The van der Waals surface area contributed by atoms with Crippen LogP contribution in [0, 0.1) is 5.92 Å². The summed E-state index contributed by atoms with van der Waals surface area (Å²) in [4.78, 5) is 51.7. The number of amides is 1. The Morgan fingerprint density at radius 2 is 1.79 bits per heavy atom. The highest BCUT2D eigenvalue weighted by Gasteiger charge is 2.47. The standard InChI is InChI=1S/C26H33Cl2FN4O8.ClH/c1-7-14-10-32(24-19(29)21(12(4)40-24)41-25(36)20(30)11(2)3)26(37)33(23(14)35)31-22(34)13(5)39-18-9-17(38-6)15(27)8-16(18)28;/h8-13,19-21,24H,7,30H2,1-6H3,(H,31,34);1H/t12-,13?,19-,20+,21-,24-;/m1./s1. The third-order valence-electron chi connectivity index (χ3n) is 6.59. The van der Waals surface area contributed by atoms with E-state index >= 15 is 4.39 Å². The Hall–Kier alpha value is -2.84. The number of esters is 1. The molecule has 0 saturated carbocycles. The number of nitrogens with zero attached hydrogens (tertiary/aromatic N) is 2. The Kier molecular flexibility index (Phi) is 12.3. The van der Waals surface area contributed by atoms with E-state index in [2.05, 4.69) is 5.43 Å². The van der Waals surface area contributed by atoms with E-state index in [1.165, 1.54) is 33.1 Å². The molecule has 1 saturated heterocycles. The fourth-order valence-corrected chi connectivity index (χ4v) is 4.51. The van der Waals surface area contributed by atoms with Gasteiger partial charge in [0, 0.05) is 17.8 Å². The van der Waals surface area contributed by atoms with Crippen molar-refractivity contribution in [3.8, 4) is 11.5 Å². The Morgan fingerprint density at radius 3 is 2.36 bits per heavy atom. The molecule has 16 heteroatoms. The van der Waals surface area contributed by atoms with E-state index < -0.39 is 59.9 Å². The summed E-state index contributed by atoms with van der Waals surface area (Å²) < 4.78 is 38.5. The van der Waals surface area contributed by atoms with Crippen LogP contribution in [0.4, 0.5) is 4.39 Å². The van der Waals surface area contributed by atoms with Crippen molar-refractivity contribution in [3.05, 3.63) is 54.8 Å². The minimum absolute atomic E-state index is 0. The topological polar surface area (TPSA) is 153 Å². The number of ether oxygens (including phenoxy) is 4. The van der Waals surface area contributed by atoms with Crippen LogP contribution < -0.4 is 31.9 Å². The van der Waals surface area contributed by atoms with Gasteiger partial charge in [0.05, 0.1) is 23.3 Å². The highest BCUT2D eigenvalue weighted by molar-refractivity contribution is 6.36. The first-order valence-corrected chi connectivity index (χ1v) is 13.6. The van der Waals surface area contributed by atoms with Gasteiger partial charge in [-0.1, -0.05) is 44.0 Å². The van der Waals surface area contributed by atoms with Crippen molar-refractivity contribution in [2.75, 3.05) is 12.5 Å². The third kappa shape index (κ3) is 7.38. The predicted octanol–water partition coefficient (Wildman–Crippen LogP) is 3.00. The van der Waals surface area contributed by atoms with Gasteiger partial charge in [0.1, 0.15) is 17.5 Å². The summed E-state index contributed by atoms with van der Waals surface area (Å²) in [6, 6.07) is 1.77. The molecule has 3 rings (SSSR count). The second-order valence-corrected chi connectivity index (χ2v) is 10.7. The van der Waals surface area contributed by atoms with Crippen LogP contribution in [0.15, 0.2) is 27.9 Å². The lowest BCUT2D eigenvalue weighted by Crippen LogP contribution is -2.51. The lowest BCUT2D eigenvalue weighted by atomic mass is 10.1. The van der Waals surface area contributed by atoms with E-state index in [1.807, 2.05) is 0 Å². The first-order chi connectivity index (χ1) is 19.2. The first-order valence-electron chi connectivity index (χ1n) is 12.8. The number of alkyl halides is 1. The van der Waals surface area contributed by atoms with E-state index in [4.69, 9.17) is 47.9 Å². The van der Waals surface area contributed by atoms with Crippen molar-refractivity contribution >= 4 is 47.5 Å². The maximum Gasteiger partial charge on any atom is 0.352 e. The minimum Gasteiger partial charge on any atom is -0.495 e. The molecule has 1 fully saturated rings. The second-order valence-electron chi connectivity index (χ2n) is 9.84. The molecule has 1 aromatic carbocycles. The average molecular weight is 656 g/mol. The third-order valence-corrected chi connectivity index (χ3v) is 7.18. The van der Waals surface area contributed by atoms with Crippen LogP contribution in [0.25, 0.3) is 0 Å². The number of carbonyl (C=O) groups is 2. The molecular weight excluding hydrogens is 622 g/mol. The van der Waals surface area contributed by atoms with Gasteiger partial charge >= 0.3 is 11.7 Å². The molecule has 6 atom stereocenters. The number of halogens is 4. The minimum atomic E-state index is -1.98. The second kappa shape index (κ2) is 14.6. The number of hydrogen-bond acceptors (Lipinski definition) is 9. The monoisotopic (exact) mass is 654 g/mol. The van der Waals surface area contributed by atoms with Crippen molar-refractivity contribution in [3.63, 3.8) is 0 Å². The van der Waals surface area contributed by atoms with Gasteiger partial charge < -0.3 is 24.7 Å². The van der Waals surface area contributed by atoms with Crippen LogP contribution in [-0.4, -0.2) is 58.8 Å². The molecule has 0 aliphatic carbocycles. The zero-order valence-electron chi connectivity index (χ0n) is 23.8. The summed E-state index contributed by atoms with van der Waals surface area (Å²) in [5.74, 6) is -1.64. The van der Waals surface area contributed by atoms with E-state index in [0.717, 1.165) is 10.8 Å². The number of nitrogens with two attached hydrogens (primary N) is 1. The number of aryl methyl sites for hydroxylation is 1. The Morgan fingerprint density at radius 1 is 1.17 bits per heavy atom. The smallest absolute Gasteiger partial charge is 0.352 e. The average Bonchev–Trinajstić information content (AvgIpc) is 3.19. The molecule has 12 nitrogen and oxygen atoms in total. The van der Waals surface area contributed by atoms with Gasteiger partial charge in [-0.15, -0.1) is 12.4 Å². The van der Waals surface area contributed by atoms with Gasteiger partial charge in [-0.3, -0.25) is 24.4 Å².